The Hall–Kier alpha value is -5.27. The number of hydrogen-bond donors (Lipinski definition) is 3. The standard InChI is InChI=1S/C53H67ClN8O6S/c1-32(36-8-10-38(11-9-36)49-34(3)56-31-69-49)24-47(64)46-26-43(63)29-62(46)52(67)50(53(5,6)7)58-48(65)30-68-35(4)37-18-21-60(22-19-37)42-16-14-39(15-17-42)51(66)57-33(2)28-61-23-20-45(59-61)40-12-13-41(27-55)44(54)25-40/h8-10,12-17,20,23,25,31-35,37-38,43,46,49-50,63H,11,18-19,21-22,24,26,28-30H2,1-7H3,(H,57,66)(H,58,65)/t32-,33?,34?,35?,38?,43-,46?,49?,50-/m1/s1. The fraction of sp³-hybridized carbons (Fsp3) is 0.528. The van der Waals surface area contributed by atoms with Crippen molar-refractivity contribution in [2.45, 2.75) is 129 Å². The molecule has 3 amide bonds. The molecule has 4 heterocycles. The smallest absolute Gasteiger partial charge is 0.251 e. The van der Waals surface area contributed by atoms with Gasteiger partial charge in [0.1, 0.15) is 18.7 Å². The molecule has 16 heteroatoms. The SMILES string of the molecule is CC(Cn1ccc(-c2ccc(C#N)c(Cl)c2)n1)NC(=O)c1ccc(N2CCC(C(C)OCC(=O)N[C@H](C(=O)N3C[C@H](O)CC3C(=O)C[C@@H](C)C3=CCC(C4SC=NC4C)C=C3)C(C)(C)C)CC2)cc1. The van der Waals surface area contributed by atoms with Crippen LogP contribution in [-0.4, -0.2) is 117 Å². The summed E-state index contributed by atoms with van der Waals surface area (Å²) in [4.78, 5) is 63.0. The number of amides is 3. The van der Waals surface area contributed by atoms with Crippen LogP contribution in [0.4, 0.5) is 5.69 Å². The van der Waals surface area contributed by atoms with Crippen LogP contribution in [0.25, 0.3) is 11.3 Å². The van der Waals surface area contributed by atoms with Gasteiger partial charge < -0.3 is 30.3 Å². The lowest BCUT2D eigenvalue weighted by Crippen LogP contribution is -2.57. The molecule has 1 aliphatic carbocycles. The zero-order valence-corrected chi connectivity index (χ0v) is 42.4. The summed E-state index contributed by atoms with van der Waals surface area (Å²) >= 11 is 7.99. The van der Waals surface area contributed by atoms with E-state index in [4.69, 9.17) is 21.6 Å². The van der Waals surface area contributed by atoms with Crippen LogP contribution >= 0.6 is 23.4 Å². The topological polar surface area (TPSA) is 182 Å². The molecule has 69 heavy (non-hydrogen) atoms. The number of nitrogens with zero attached hydrogens (tertiary/aromatic N) is 6. The minimum Gasteiger partial charge on any atom is -0.391 e. The molecule has 7 rings (SSSR count). The normalized spacial score (nSPS) is 23.5. The molecule has 1 aromatic heterocycles. The Morgan fingerprint density at radius 2 is 1.78 bits per heavy atom. The molecule has 0 spiro atoms. The number of aliphatic hydroxyl groups excluding tert-OH is 1. The molecule has 3 N–H and O–H groups in total. The first kappa shape index (κ1) is 51.6. The third kappa shape index (κ3) is 12.9. The monoisotopic (exact) mass is 978 g/mol. The molecular weight excluding hydrogens is 912 g/mol. The molecule has 0 bridgehead atoms. The van der Waals surface area contributed by atoms with Gasteiger partial charge in [-0.2, -0.15) is 10.4 Å². The number of carbonyl (C=O) groups excluding carboxylic acids is 4. The van der Waals surface area contributed by atoms with Crippen molar-refractivity contribution in [2.24, 2.45) is 28.2 Å². The fourth-order valence-electron chi connectivity index (χ4n) is 9.87. The molecule has 9 atom stereocenters. The van der Waals surface area contributed by atoms with Crippen LogP contribution in [0.2, 0.25) is 5.02 Å². The van der Waals surface area contributed by atoms with E-state index in [1.807, 2.05) is 89.7 Å². The number of nitriles is 1. The van der Waals surface area contributed by atoms with Gasteiger partial charge in [-0.05, 0) is 111 Å². The fourth-order valence-corrected chi connectivity index (χ4v) is 11.2. The van der Waals surface area contributed by atoms with Gasteiger partial charge in [0.2, 0.25) is 11.8 Å². The molecule has 6 unspecified atom stereocenters. The molecule has 2 saturated heterocycles. The van der Waals surface area contributed by atoms with E-state index in [-0.39, 0.29) is 73.6 Å². The molecule has 0 radical (unpaired) electrons. The maximum absolute atomic E-state index is 14.2. The summed E-state index contributed by atoms with van der Waals surface area (Å²) in [6, 6.07) is 15.1. The highest BCUT2D eigenvalue weighted by Crippen LogP contribution is 2.36. The number of Topliss-reactive ketones (excluding diaryl/α,β-unsaturated/α-hetero) is 1. The summed E-state index contributed by atoms with van der Waals surface area (Å²) in [5.74, 6) is -0.468. The number of nitrogens with one attached hydrogen (secondary N) is 2. The number of β-amino-alcohol motifs (C(OH)–C–C–N with tert-alkyl or cyclic N) is 1. The highest BCUT2D eigenvalue weighted by atomic mass is 35.5. The largest absolute Gasteiger partial charge is 0.391 e. The van der Waals surface area contributed by atoms with E-state index in [1.54, 1.807) is 28.6 Å². The first-order chi connectivity index (χ1) is 32.9. The third-order valence-electron chi connectivity index (χ3n) is 14.0. The summed E-state index contributed by atoms with van der Waals surface area (Å²) in [5, 5.41) is 31.3. The zero-order valence-electron chi connectivity index (χ0n) is 40.8. The van der Waals surface area contributed by atoms with Gasteiger partial charge in [0.25, 0.3) is 5.91 Å². The Balaban J connectivity index is 0.839. The highest BCUT2D eigenvalue weighted by Gasteiger charge is 2.45. The Labute approximate surface area is 416 Å². The highest BCUT2D eigenvalue weighted by molar-refractivity contribution is 8.13. The number of ether oxygens (including phenoxy) is 1. The molecule has 3 aliphatic heterocycles. The number of halogens is 1. The molecule has 14 nitrogen and oxygen atoms in total. The van der Waals surface area contributed by atoms with Crippen LogP contribution in [-0.2, 0) is 25.7 Å². The van der Waals surface area contributed by atoms with Crippen molar-refractivity contribution in [2.75, 3.05) is 31.1 Å². The van der Waals surface area contributed by atoms with Crippen LogP contribution < -0.4 is 15.5 Å². The molecular formula is C53H67ClN8O6S. The van der Waals surface area contributed by atoms with Crippen LogP contribution in [0.1, 0.15) is 96.5 Å². The van der Waals surface area contributed by atoms with E-state index in [9.17, 15) is 24.3 Å². The first-order valence-corrected chi connectivity index (χ1v) is 25.6. The van der Waals surface area contributed by atoms with Crippen molar-refractivity contribution in [3.05, 3.63) is 94.7 Å². The molecule has 3 aromatic rings. The maximum Gasteiger partial charge on any atom is 0.251 e. The minimum atomic E-state index is -0.926. The van der Waals surface area contributed by atoms with E-state index in [0.717, 1.165) is 54.9 Å². The van der Waals surface area contributed by atoms with E-state index in [0.29, 0.717) is 33.9 Å². The second kappa shape index (κ2) is 22.7. The average Bonchev–Trinajstić information content (AvgIpc) is 4.09. The van der Waals surface area contributed by atoms with Crippen molar-refractivity contribution < 1.29 is 29.0 Å². The van der Waals surface area contributed by atoms with Crippen molar-refractivity contribution >= 4 is 58.1 Å². The van der Waals surface area contributed by atoms with Crippen molar-refractivity contribution in [3.63, 3.8) is 0 Å². The molecule has 4 aliphatic rings. The van der Waals surface area contributed by atoms with Crippen LogP contribution in [0, 0.1) is 34.5 Å². The quantitative estimate of drug-likeness (QED) is 0.122. The maximum atomic E-state index is 14.2. The van der Waals surface area contributed by atoms with E-state index < -0.39 is 29.5 Å². The van der Waals surface area contributed by atoms with E-state index >= 15 is 0 Å². The summed E-state index contributed by atoms with van der Waals surface area (Å²) in [6.07, 6.45) is 10.5. The number of anilines is 1. The number of rotatable bonds is 17. The number of allylic oxidation sites excluding steroid dienone is 4. The summed E-state index contributed by atoms with van der Waals surface area (Å²) in [5.41, 5.74) is 5.90. The van der Waals surface area contributed by atoms with Crippen molar-refractivity contribution in [1.82, 2.24) is 25.3 Å². The number of hydrogen-bond acceptors (Lipinski definition) is 11. The number of ketones is 1. The van der Waals surface area contributed by atoms with Gasteiger partial charge in [-0.3, -0.25) is 28.9 Å². The number of benzene rings is 2. The molecule has 0 saturated carbocycles. The average molecular weight is 980 g/mol. The van der Waals surface area contributed by atoms with Gasteiger partial charge >= 0.3 is 0 Å². The lowest BCUT2D eigenvalue weighted by Gasteiger charge is -2.37. The number of aromatic nitrogens is 2. The van der Waals surface area contributed by atoms with Crippen LogP contribution in [0.5, 0.6) is 0 Å². The van der Waals surface area contributed by atoms with Gasteiger partial charge in [-0.1, -0.05) is 63.6 Å². The van der Waals surface area contributed by atoms with Crippen LogP contribution in [0.3, 0.4) is 0 Å². The Morgan fingerprint density at radius 3 is 2.42 bits per heavy atom. The summed E-state index contributed by atoms with van der Waals surface area (Å²) in [7, 11) is 0. The Morgan fingerprint density at radius 1 is 1.04 bits per heavy atom. The van der Waals surface area contributed by atoms with Crippen molar-refractivity contribution in [3.8, 4) is 17.3 Å². The molecule has 2 fully saturated rings. The minimum absolute atomic E-state index is 0.0378. The van der Waals surface area contributed by atoms with E-state index in [2.05, 4.69) is 56.8 Å². The predicted octanol–water partition coefficient (Wildman–Crippen LogP) is 7.64. The van der Waals surface area contributed by atoms with Gasteiger partial charge in [0, 0.05) is 66.8 Å². The van der Waals surface area contributed by atoms with Crippen molar-refractivity contribution in [1.29, 1.82) is 5.26 Å². The van der Waals surface area contributed by atoms with Gasteiger partial charge in [0.15, 0.2) is 5.78 Å². The number of aliphatic hydroxyl groups is 1. The molecule has 2 aromatic carbocycles. The predicted molar refractivity (Wildman–Crippen MR) is 272 cm³/mol. The third-order valence-corrected chi connectivity index (χ3v) is 15.7. The number of aliphatic imine (C=N–C) groups is 1. The lowest BCUT2D eigenvalue weighted by atomic mass is 9.84. The van der Waals surface area contributed by atoms with Gasteiger partial charge in [0.05, 0.1) is 52.7 Å². The first-order valence-electron chi connectivity index (χ1n) is 24.2. The second-order valence-electron chi connectivity index (χ2n) is 20.4. The number of thioether (sulfide) groups is 1. The number of piperidine rings is 1. The van der Waals surface area contributed by atoms with Crippen LogP contribution in [0.15, 0.2) is 83.5 Å². The lowest BCUT2D eigenvalue weighted by molar-refractivity contribution is -0.144. The Kier molecular flexibility index (Phi) is 16.9. The van der Waals surface area contributed by atoms with Gasteiger partial charge in [-0.25, -0.2) is 0 Å². The zero-order chi connectivity index (χ0) is 49.6. The van der Waals surface area contributed by atoms with Gasteiger partial charge in [-0.15, -0.1) is 11.8 Å². The summed E-state index contributed by atoms with van der Waals surface area (Å²) in [6.45, 7) is 15.6. The number of likely N-dealkylation sites (tertiary alicyclic amines) is 1. The number of carbonyl (C=O) groups is 4. The molecule has 368 valence electrons. The second-order valence-corrected chi connectivity index (χ2v) is 21.8. The summed E-state index contributed by atoms with van der Waals surface area (Å²) < 4.78 is 7.90. The van der Waals surface area contributed by atoms with E-state index in [1.165, 1.54) is 4.90 Å². The Bertz CT molecular complexity index is 2470.